The van der Waals surface area contributed by atoms with Crippen molar-refractivity contribution in [3.8, 4) is 5.75 Å². The molecule has 21 heavy (non-hydrogen) atoms. The summed E-state index contributed by atoms with van der Waals surface area (Å²) in [4.78, 5) is 13.0. The fourth-order valence-corrected chi connectivity index (χ4v) is 3.34. The smallest absolute Gasteiger partial charge is 0.194 e. The number of carbonyl (C=O) groups excluding carboxylic acids is 1. The zero-order valence-corrected chi connectivity index (χ0v) is 13.4. The lowest BCUT2D eigenvalue weighted by Crippen LogP contribution is -2.45. The molecule has 1 aliphatic carbocycles. The van der Waals surface area contributed by atoms with Gasteiger partial charge in [-0.05, 0) is 51.2 Å². The zero-order chi connectivity index (χ0) is 15.3. The fraction of sp³-hybridized carbons (Fsp3) is 0.611. The highest BCUT2D eigenvalue weighted by Crippen LogP contribution is 2.38. The number of ether oxygens (including phenoxy) is 2. The molecule has 0 aliphatic heterocycles. The number of carbonyl (C=O) groups is 1. The minimum Gasteiger partial charge on any atom is -0.494 e. The molecule has 2 atom stereocenters. The normalized spacial score (nSPS) is 25.6. The lowest BCUT2D eigenvalue weighted by molar-refractivity contribution is -0.0511. The van der Waals surface area contributed by atoms with E-state index in [0.717, 1.165) is 25.0 Å². The summed E-state index contributed by atoms with van der Waals surface area (Å²) in [6, 6.07) is 7.47. The average molecular weight is 290 g/mol. The molecule has 1 fully saturated rings. The van der Waals surface area contributed by atoms with Crippen LogP contribution in [0.5, 0.6) is 5.75 Å². The van der Waals surface area contributed by atoms with Crippen LogP contribution in [0.2, 0.25) is 0 Å². The average Bonchev–Trinajstić information content (AvgIpc) is 2.47. The third-order valence-electron chi connectivity index (χ3n) is 4.20. The number of Topliss-reactive ketones (excluding diaryl/α,β-unsaturated/α-hetero) is 1. The number of ketones is 1. The van der Waals surface area contributed by atoms with Crippen molar-refractivity contribution in [2.45, 2.75) is 52.1 Å². The second-order valence-corrected chi connectivity index (χ2v) is 5.92. The van der Waals surface area contributed by atoms with Crippen molar-refractivity contribution < 1.29 is 14.3 Å². The molecule has 1 saturated carbocycles. The highest BCUT2D eigenvalue weighted by molar-refractivity contribution is 6.02. The van der Waals surface area contributed by atoms with E-state index in [2.05, 4.69) is 6.92 Å². The number of hydrogen-bond donors (Lipinski definition) is 0. The standard InChI is InChI=1S/C18H26O3/c1-4-20-16-10-6-9-15(12-16)17(19)18(21-5-2)11-7-8-14(3)13-18/h6,9-10,12,14H,4-5,7-8,11,13H2,1-3H3. The Morgan fingerprint density at radius 2 is 2.14 bits per heavy atom. The van der Waals surface area contributed by atoms with Crippen LogP contribution >= 0.6 is 0 Å². The van der Waals surface area contributed by atoms with E-state index in [4.69, 9.17) is 9.47 Å². The SMILES string of the molecule is CCOc1cccc(C(=O)C2(OCC)CCCC(C)C2)c1. The lowest BCUT2D eigenvalue weighted by atomic mass is 9.75. The highest BCUT2D eigenvalue weighted by Gasteiger charge is 2.42. The van der Waals surface area contributed by atoms with Crippen molar-refractivity contribution in [1.29, 1.82) is 0 Å². The van der Waals surface area contributed by atoms with E-state index in [9.17, 15) is 4.79 Å². The van der Waals surface area contributed by atoms with Crippen molar-refractivity contribution in [1.82, 2.24) is 0 Å². The molecule has 2 unspecified atom stereocenters. The Bertz CT molecular complexity index is 479. The Hall–Kier alpha value is -1.35. The summed E-state index contributed by atoms with van der Waals surface area (Å²) in [6.07, 6.45) is 3.88. The summed E-state index contributed by atoms with van der Waals surface area (Å²) in [7, 11) is 0. The maximum atomic E-state index is 13.0. The molecule has 1 aromatic carbocycles. The van der Waals surface area contributed by atoms with Crippen LogP contribution < -0.4 is 4.74 Å². The molecule has 0 heterocycles. The molecule has 0 aromatic heterocycles. The van der Waals surface area contributed by atoms with Gasteiger partial charge in [0.1, 0.15) is 11.4 Å². The van der Waals surface area contributed by atoms with E-state index >= 15 is 0 Å². The fourth-order valence-electron chi connectivity index (χ4n) is 3.34. The molecule has 116 valence electrons. The molecule has 3 nitrogen and oxygen atoms in total. The van der Waals surface area contributed by atoms with Crippen LogP contribution in [0.4, 0.5) is 0 Å². The molecule has 2 rings (SSSR count). The van der Waals surface area contributed by atoms with Gasteiger partial charge in [-0.25, -0.2) is 0 Å². The number of rotatable bonds is 6. The Morgan fingerprint density at radius 1 is 1.33 bits per heavy atom. The number of hydrogen-bond acceptors (Lipinski definition) is 3. The van der Waals surface area contributed by atoms with Gasteiger partial charge in [-0.3, -0.25) is 4.79 Å². The van der Waals surface area contributed by atoms with Gasteiger partial charge in [-0.1, -0.05) is 25.5 Å². The summed E-state index contributed by atoms with van der Waals surface area (Å²) in [5, 5.41) is 0. The zero-order valence-electron chi connectivity index (χ0n) is 13.4. The van der Waals surface area contributed by atoms with Crippen LogP contribution in [-0.4, -0.2) is 24.6 Å². The van der Waals surface area contributed by atoms with Crippen LogP contribution in [0.1, 0.15) is 56.8 Å². The molecule has 0 saturated heterocycles. The van der Waals surface area contributed by atoms with Crippen molar-refractivity contribution >= 4 is 5.78 Å². The number of benzene rings is 1. The van der Waals surface area contributed by atoms with Crippen molar-refractivity contribution in [2.75, 3.05) is 13.2 Å². The third kappa shape index (κ3) is 3.65. The molecule has 0 N–H and O–H groups in total. The van der Waals surface area contributed by atoms with Crippen molar-refractivity contribution in [3.05, 3.63) is 29.8 Å². The van der Waals surface area contributed by atoms with E-state index in [1.807, 2.05) is 38.1 Å². The molecule has 1 aromatic rings. The minimum absolute atomic E-state index is 0.109. The van der Waals surface area contributed by atoms with Crippen LogP contribution in [0.3, 0.4) is 0 Å². The van der Waals surface area contributed by atoms with Gasteiger partial charge in [0, 0.05) is 12.2 Å². The monoisotopic (exact) mass is 290 g/mol. The maximum absolute atomic E-state index is 13.0. The Kier molecular flexibility index (Phi) is 5.40. The molecule has 0 amide bonds. The topological polar surface area (TPSA) is 35.5 Å². The van der Waals surface area contributed by atoms with E-state index in [1.165, 1.54) is 6.42 Å². The van der Waals surface area contributed by atoms with E-state index < -0.39 is 5.60 Å². The van der Waals surface area contributed by atoms with Crippen LogP contribution in [0.15, 0.2) is 24.3 Å². The van der Waals surface area contributed by atoms with Crippen LogP contribution in [-0.2, 0) is 4.74 Å². The summed E-state index contributed by atoms with van der Waals surface area (Å²) < 4.78 is 11.5. The van der Waals surface area contributed by atoms with Gasteiger partial charge in [0.2, 0.25) is 0 Å². The van der Waals surface area contributed by atoms with Crippen LogP contribution in [0.25, 0.3) is 0 Å². The quantitative estimate of drug-likeness (QED) is 0.735. The molecular weight excluding hydrogens is 264 g/mol. The second-order valence-electron chi connectivity index (χ2n) is 5.92. The van der Waals surface area contributed by atoms with Gasteiger partial charge in [0.15, 0.2) is 5.78 Å². The summed E-state index contributed by atoms with van der Waals surface area (Å²) in [5.41, 5.74) is 0.0561. The van der Waals surface area contributed by atoms with E-state index in [1.54, 1.807) is 0 Å². The summed E-state index contributed by atoms with van der Waals surface area (Å²) >= 11 is 0. The minimum atomic E-state index is -0.642. The predicted molar refractivity (Wildman–Crippen MR) is 83.9 cm³/mol. The molecule has 1 aliphatic rings. The maximum Gasteiger partial charge on any atom is 0.194 e. The molecule has 0 bridgehead atoms. The molecule has 0 radical (unpaired) electrons. The van der Waals surface area contributed by atoms with Gasteiger partial charge >= 0.3 is 0 Å². The van der Waals surface area contributed by atoms with Gasteiger partial charge in [0.05, 0.1) is 6.61 Å². The molecular formula is C18H26O3. The highest BCUT2D eigenvalue weighted by atomic mass is 16.5. The van der Waals surface area contributed by atoms with Gasteiger partial charge in [-0.2, -0.15) is 0 Å². The Labute approximate surface area is 127 Å². The Morgan fingerprint density at radius 3 is 2.81 bits per heavy atom. The second kappa shape index (κ2) is 7.08. The van der Waals surface area contributed by atoms with Gasteiger partial charge in [-0.15, -0.1) is 0 Å². The van der Waals surface area contributed by atoms with E-state index in [-0.39, 0.29) is 5.78 Å². The summed E-state index contributed by atoms with van der Waals surface area (Å²) in [5.74, 6) is 1.39. The first-order valence-corrected chi connectivity index (χ1v) is 8.03. The largest absolute Gasteiger partial charge is 0.494 e. The van der Waals surface area contributed by atoms with Gasteiger partial charge in [0.25, 0.3) is 0 Å². The first-order valence-electron chi connectivity index (χ1n) is 8.03. The Balaban J connectivity index is 2.27. The van der Waals surface area contributed by atoms with Crippen LogP contribution in [0, 0.1) is 5.92 Å². The first-order chi connectivity index (χ1) is 10.1. The van der Waals surface area contributed by atoms with E-state index in [0.29, 0.717) is 24.7 Å². The summed E-state index contributed by atoms with van der Waals surface area (Å²) in [6.45, 7) is 7.29. The molecule has 3 heteroatoms. The lowest BCUT2D eigenvalue weighted by Gasteiger charge is -2.38. The predicted octanol–water partition coefficient (Wildman–Crippen LogP) is 4.25. The van der Waals surface area contributed by atoms with Gasteiger partial charge < -0.3 is 9.47 Å². The molecule has 0 spiro atoms. The van der Waals surface area contributed by atoms with Crippen molar-refractivity contribution in [2.24, 2.45) is 5.92 Å². The third-order valence-corrected chi connectivity index (χ3v) is 4.20. The van der Waals surface area contributed by atoms with Crippen molar-refractivity contribution in [3.63, 3.8) is 0 Å². The first kappa shape index (κ1) is 16.0.